The standard InChI is InChI=1S/C24H24BrNO4/c1-16-4-3-5-18(10-16)15-30-23-21(25)11-19(12-22(23)29-2)14-26-13-17-6-8-20(9-7-17)24(27)28/h3-12,26H,13-15H2,1-2H3,(H,27,28). The lowest BCUT2D eigenvalue weighted by Gasteiger charge is -2.15. The molecule has 0 aliphatic heterocycles. The maximum atomic E-state index is 10.9. The number of carboxylic acids is 1. The van der Waals surface area contributed by atoms with Crippen LogP contribution in [0.5, 0.6) is 11.5 Å². The largest absolute Gasteiger partial charge is 0.493 e. The van der Waals surface area contributed by atoms with Crippen molar-refractivity contribution >= 4 is 21.9 Å². The summed E-state index contributed by atoms with van der Waals surface area (Å²) in [7, 11) is 1.63. The van der Waals surface area contributed by atoms with E-state index in [1.807, 2.05) is 36.4 Å². The first-order valence-corrected chi connectivity index (χ1v) is 10.3. The summed E-state index contributed by atoms with van der Waals surface area (Å²) in [5.41, 5.74) is 4.64. The molecule has 0 aromatic heterocycles. The first-order valence-electron chi connectivity index (χ1n) is 9.54. The van der Waals surface area contributed by atoms with E-state index in [0.717, 1.165) is 21.2 Å². The van der Waals surface area contributed by atoms with Crippen LogP contribution in [0.4, 0.5) is 0 Å². The molecule has 0 heterocycles. The Hall–Kier alpha value is -2.83. The highest BCUT2D eigenvalue weighted by atomic mass is 79.9. The molecule has 0 atom stereocenters. The Bertz CT molecular complexity index is 1020. The molecule has 0 aliphatic rings. The Labute approximate surface area is 184 Å². The van der Waals surface area contributed by atoms with Gasteiger partial charge in [0.05, 0.1) is 17.1 Å². The number of hydrogen-bond acceptors (Lipinski definition) is 4. The number of nitrogens with one attached hydrogen (secondary N) is 1. The molecule has 0 fully saturated rings. The molecule has 156 valence electrons. The molecule has 0 unspecified atom stereocenters. The van der Waals surface area contributed by atoms with Gasteiger partial charge in [-0.3, -0.25) is 0 Å². The Morgan fingerprint density at radius 1 is 1.00 bits per heavy atom. The van der Waals surface area contributed by atoms with E-state index in [2.05, 4.69) is 40.3 Å². The second kappa shape index (κ2) is 10.3. The highest BCUT2D eigenvalue weighted by Crippen LogP contribution is 2.37. The third-order valence-corrected chi connectivity index (χ3v) is 5.20. The number of ether oxygens (including phenoxy) is 2. The van der Waals surface area contributed by atoms with Crippen LogP contribution in [0.25, 0.3) is 0 Å². The normalized spacial score (nSPS) is 10.6. The van der Waals surface area contributed by atoms with Gasteiger partial charge in [0, 0.05) is 13.1 Å². The fraction of sp³-hybridized carbons (Fsp3) is 0.208. The average Bonchev–Trinajstić information content (AvgIpc) is 2.73. The van der Waals surface area contributed by atoms with Crippen molar-refractivity contribution in [3.05, 3.63) is 93.0 Å². The minimum Gasteiger partial charge on any atom is -0.493 e. The fourth-order valence-corrected chi connectivity index (χ4v) is 3.69. The van der Waals surface area contributed by atoms with Crippen molar-refractivity contribution in [3.63, 3.8) is 0 Å². The summed E-state index contributed by atoms with van der Waals surface area (Å²) in [5, 5.41) is 12.3. The highest BCUT2D eigenvalue weighted by molar-refractivity contribution is 9.10. The van der Waals surface area contributed by atoms with Gasteiger partial charge in [0.1, 0.15) is 6.61 Å². The van der Waals surface area contributed by atoms with Crippen molar-refractivity contribution in [2.45, 2.75) is 26.6 Å². The molecule has 0 bridgehead atoms. The van der Waals surface area contributed by atoms with E-state index < -0.39 is 5.97 Å². The van der Waals surface area contributed by atoms with Gasteiger partial charge in [0.15, 0.2) is 11.5 Å². The van der Waals surface area contributed by atoms with Gasteiger partial charge in [-0.15, -0.1) is 0 Å². The molecule has 0 radical (unpaired) electrons. The van der Waals surface area contributed by atoms with Crippen molar-refractivity contribution in [3.8, 4) is 11.5 Å². The zero-order valence-corrected chi connectivity index (χ0v) is 18.5. The first-order chi connectivity index (χ1) is 14.5. The predicted octanol–water partition coefficient (Wildman–Crippen LogP) is 5.33. The highest BCUT2D eigenvalue weighted by Gasteiger charge is 2.12. The van der Waals surface area contributed by atoms with Crippen LogP contribution in [0.3, 0.4) is 0 Å². The molecule has 0 saturated heterocycles. The monoisotopic (exact) mass is 469 g/mol. The van der Waals surface area contributed by atoms with Crippen molar-refractivity contribution < 1.29 is 19.4 Å². The molecule has 0 spiro atoms. The average molecular weight is 470 g/mol. The maximum Gasteiger partial charge on any atom is 0.335 e. The molecule has 3 aromatic carbocycles. The van der Waals surface area contributed by atoms with Gasteiger partial charge in [-0.25, -0.2) is 4.79 Å². The van der Waals surface area contributed by atoms with Gasteiger partial charge in [-0.2, -0.15) is 0 Å². The SMILES string of the molecule is COc1cc(CNCc2ccc(C(=O)O)cc2)cc(Br)c1OCc1cccc(C)c1. The van der Waals surface area contributed by atoms with Gasteiger partial charge in [-0.05, 0) is 63.8 Å². The summed E-state index contributed by atoms with van der Waals surface area (Å²) in [6.07, 6.45) is 0. The van der Waals surface area contributed by atoms with Crippen molar-refractivity contribution in [2.75, 3.05) is 7.11 Å². The number of rotatable bonds is 9. The number of hydrogen-bond donors (Lipinski definition) is 2. The van der Waals surface area contributed by atoms with Crippen LogP contribution in [-0.2, 0) is 19.7 Å². The molecule has 2 N–H and O–H groups in total. The van der Waals surface area contributed by atoms with E-state index in [9.17, 15) is 4.79 Å². The molecule has 3 rings (SSSR count). The van der Waals surface area contributed by atoms with Crippen LogP contribution in [0.1, 0.15) is 32.6 Å². The minimum atomic E-state index is -0.920. The van der Waals surface area contributed by atoms with E-state index in [0.29, 0.717) is 31.2 Å². The first kappa shape index (κ1) is 21.9. The molecule has 3 aromatic rings. The topological polar surface area (TPSA) is 67.8 Å². The quantitative estimate of drug-likeness (QED) is 0.443. The van der Waals surface area contributed by atoms with Crippen LogP contribution in [0.2, 0.25) is 0 Å². The molecule has 5 nitrogen and oxygen atoms in total. The number of carboxylic acid groups (broad SMARTS) is 1. The van der Waals surface area contributed by atoms with Crippen LogP contribution < -0.4 is 14.8 Å². The minimum absolute atomic E-state index is 0.286. The molecule has 0 saturated carbocycles. The van der Waals surface area contributed by atoms with Crippen molar-refractivity contribution in [2.24, 2.45) is 0 Å². The lowest BCUT2D eigenvalue weighted by Crippen LogP contribution is -2.13. The second-order valence-corrected chi connectivity index (χ2v) is 7.85. The van der Waals surface area contributed by atoms with Gasteiger partial charge in [-0.1, -0.05) is 42.0 Å². The van der Waals surface area contributed by atoms with Gasteiger partial charge in [0.25, 0.3) is 0 Å². The summed E-state index contributed by atoms with van der Waals surface area (Å²) in [5.74, 6) is 0.419. The van der Waals surface area contributed by atoms with Gasteiger partial charge in [0.2, 0.25) is 0 Å². The Morgan fingerprint density at radius 3 is 2.40 bits per heavy atom. The Morgan fingerprint density at radius 2 is 1.73 bits per heavy atom. The molecule has 0 aliphatic carbocycles. The summed E-state index contributed by atoms with van der Waals surface area (Å²) in [6.45, 7) is 3.78. The van der Waals surface area contributed by atoms with Crippen molar-refractivity contribution in [1.29, 1.82) is 0 Å². The van der Waals surface area contributed by atoms with Gasteiger partial charge < -0.3 is 19.9 Å². The number of aromatic carboxylic acids is 1. The predicted molar refractivity (Wildman–Crippen MR) is 120 cm³/mol. The number of aryl methyl sites for hydroxylation is 1. The molecule has 6 heteroatoms. The number of halogens is 1. The summed E-state index contributed by atoms with van der Waals surface area (Å²) >= 11 is 3.60. The zero-order valence-electron chi connectivity index (χ0n) is 16.9. The Kier molecular flexibility index (Phi) is 7.49. The fourth-order valence-electron chi connectivity index (χ4n) is 3.09. The van der Waals surface area contributed by atoms with E-state index in [4.69, 9.17) is 14.6 Å². The van der Waals surface area contributed by atoms with Crippen molar-refractivity contribution in [1.82, 2.24) is 5.32 Å². The third-order valence-electron chi connectivity index (χ3n) is 4.61. The van der Waals surface area contributed by atoms with Crippen LogP contribution in [0.15, 0.2) is 65.1 Å². The smallest absolute Gasteiger partial charge is 0.335 e. The molecular weight excluding hydrogens is 446 g/mol. The Balaban J connectivity index is 1.62. The number of methoxy groups -OCH3 is 1. The van der Waals surface area contributed by atoms with Crippen LogP contribution >= 0.6 is 15.9 Å². The second-order valence-electron chi connectivity index (χ2n) is 6.99. The lowest BCUT2D eigenvalue weighted by atomic mass is 10.1. The molecule has 0 amide bonds. The lowest BCUT2D eigenvalue weighted by molar-refractivity contribution is 0.0697. The summed E-state index contributed by atoms with van der Waals surface area (Å²) < 4.78 is 12.4. The van der Waals surface area contributed by atoms with E-state index in [1.54, 1.807) is 19.2 Å². The molecular formula is C24H24BrNO4. The maximum absolute atomic E-state index is 10.9. The molecule has 30 heavy (non-hydrogen) atoms. The van der Waals surface area contributed by atoms with Crippen LogP contribution in [0, 0.1) is 6.92 Å². The number of carbonyl (C=O) groups is 1. The van der Waals surface area contributed by atoms with Crippen LogP contribution in [-0.4, -0.2) is 18.2 Å². The summed E-state index contributed by atoms with van der Waals surface area (Å²) in [6, 6.07) is 19.0. The third kappa shape index (κ3) is 5.84. The summed E-state index contributed by atoms with van der Waals surface area (Å²) in [4.78, 5) is 10.9. The number of benzene rings is 3. The van der Waals surface area contributed by atoms with E-state index in [-0.39, 0.29) is 5.56 Å². The zero-order chi connectivity index (χ0) is 21.5. The van der Waals surface area contributed by atoms with E-state index in [1.165, 1.54) is 5.56 Å². The van der Waals surface area contributed by atoms with Gasteiger partial charge >= 0.3 is 5.97 Å². The van der Waals surface area contributed by atoms with E-state index >= 15 is 0 Å².